The Bertz CT molecular complexity index is 589. The number of rotatable bonds is 2. The highest BCUT2D eigenvalue weighted by Gasteiger charge is 2.50. The highest BCUT2D eigenvalue weighted by Crippen LogP contribution is 2.44. The summed E-state index contributed by atoms with van der Waals surface area (Å²) in [4.78, 5) is 36.7. The van der Waals surface area contributed by atoms with Crippen molar-refractivity contribution in [3.8, 4) is 0 Å². The van der Waals surface area contributed by atoms with Gasteiger partial charge in [-0.05, 0) is 13.8 Å². The number of fused-ring (bicyclic) bond motifs is 2. The quantitative estimate of drug-likeness (QED) is 0.599. The molecule has 21 heavy (non-hydrogen) atoms. The lowest BCUT2D eigenvalue weighted by Gasteiger charge is -2.33. The van der Waals surface area contributed by atoms with Crippen molar-refractivity contribution in [2.24, 2.45) is 11.8 Å². The zero-order chi connectivity index (χ0) is 15.9. The zero-order valence-corrected chi connectivity index (χ0v) is 12.8. The van der Waals surface area contributed by atoms with Crippen LogP contribution in [-0.2, 0) is 23.9 Å². The predicted octanol–water partition coefficient (Wildman–Crippen LogP) is 0.730. The molecule has 0 unspecified atom stereocenters. The van der Waals surface area contributed by atoms with Crippen LogP contribution in [0.25, 0.3) is 0 Å². The van der Waals surface area contributed by atoms with Crippen LogP contribution in [0.2, 0.25) is 0 Å². The predicted molar refractivity (Wildman–Crippen MR) is 74.0 cm³/mol. The molecule has 3 aliphatic rings. The van der Waals surface area contributed by atoms with E-state index in [1.807, 2.05) is 6.92 Å². The van der Waals surface area contributed by atoms with Crippen LogP contribution in [0.5, 0.6) is 0 Å². The fourth-order valence-electron chi connectivity index (χ4n) is 3.31. The van der Waals surface area contributed by atoms with Crippen LogP contribution in [0.15, 0.2) is 22.8 Å². The van der Waals surface area contributed by atoms with Crippen LogP contribution in [0.1, 0.15) is 20.8 Å². The van der Waals surface area contributed by atoms with E-state index in [0.717, 1.165) is 5.57 Å². The van der Waals surface area contributed by atoms with Crippen LogP contribution in [0, 0.1) is 11.8 Å². The number of hydrogen-bond acceptors (Lipinski definition) is 5. The molecule has 2 heterocycles. The lowest BCUT2D eigenvalue weighted by Crippen LogP contribution is -2.48. The van der Waals surface area contributed by atoms with Crippen LogP contribution >= 0.6 is 0 Å². The monoisotopic (exact) mass is 293 g/mol. The molecule has 114 valence electrons. The van der Waals surface area contributed by atoms with E-state index in [9.17, 15) is 14.4 Å². The van der Waals surface area contributed by atoms with Crippen molar-refractivity contribution in [2.45, 2.75) is 26.3 Å². The molecular formula is C15H19NO5. The summed E-state index contributed by atoms with van der Waals surface area (Å²) in [5.41, 5.74) is 0.137. The largest absolute Gasteiger partial charge is 0.466 e. The molecule has 2 bridgehead atoms. The molecule has 1 amide bonds. The van der Waals surface area contributed by atoms with E-state index in [1.165, 1.54) is 14.2 Å². The first kappa shape index (κ1) is 15.3. The van der Waals surface area contributed by atoms with Crippen molar-refractivity contribution < 1.29 is 23.9 Å². The molecule has 0 spiro atoms. The maximum Gasteiger partial charge on any atom is 0.337 e. The average Bonchev–Trinajstić information content (AvgIpc) is 2.56. The van der Waals surface area contributed by atoms with E-state index in [-0.39, 0.29) is 17.1 Å². The third-order valence-electron chi connectivity index (χ3n) is 4.20. The molecule has 1 aliphatic carbocycles. The fourth-order valence-corrected chi connectivity index (χ4v) is 3.31. The van der Waals surface area contributed by atoms with Gasteiger partial charge in [-0.2, -0.15) is 0 Å². The smallest absolute Gasteiger partial charge is 0.337 e. The minimum Gasteiger partial charge on any atom is -0.466 e. The van der Waals surface area contributed by atoms with Gasteiger partial charge >= 0.3 is 11.9 Å². The Kier molecular flexibility index (Phi) is 3.65. The van der Waals surface area contributed by atoms with Gasteiger partial charge in [0.15, 0.2) is 0 Å². The Morgan fingerprint density at radius 2 is 1.81 bits per heavy atom. The highest BCUT2D eigenvalue weighted by molar-refractivity contribution is 6.06. The molecule has 3 rings (SSSR count). The van der Waals surface area contributed by atoms with Crippen molar-refractivity contribution in [3.05, 3.63) is 22.8 Å². The Hall–Kier alpha value is -2.11. The number of ether oxygens (including phenoxy) is 2. The third kappa shape index (κ3) is 2.14. The SMILES string of the molecule is COC(=O)C1=C(C(=O)OC)[C@]2(C)C=C(C)[C@H]1[C@@H](C)C(=O)N2. The first-order valence-electron chi connectivity index (χ1n) is 6.69. The summed E-state index contributed by atoms with van der Waals surface area (Å²) in [6.45, 7) is 5.25. The lowest BCUT2D eigenvalue weighted by molar-refractivity contribution is -0.140. The molecule has 0 saturated heterocycles. The van der Waals surface area contributed by atoms with Gasteiger partial charge in [-0.25, -0.2) is 9.59 Å². The fraction of sp³-hybridized carbons (Fsp3) is 0.533. The van der Waals surface area contributed by atoms with Crippen molar-refractivity contribution in [1.29, 1.82) is 0 Å². The zero-order valence-electron chi connectivity index (χ0n) is 12.8. The van der Waals surface area contributed by atoms with Crippen LogP contribution in [0.4, 0.5) is 0 Å². The number of methoxy groups -OCH3 is 2. The van der Waals surface area contributed by atoms with Crippen LogP contribution < -0.4 is 5.32 Å². The first-order chi connectivity index (χ1) is 9.76. The Balaban J connectivity index is 2.77. The van der Waals surface area contributed by atoms with Gasteiger partial charge in [0, 0.05) is 11.8 Å². The van der Waals surface area contributed by atoms with E-state index in [1.54, 1.807) is 19.9 Å². The van der Waals surface area contributed by atoms with Gasteiger partial charge in [-0.15, -0.1) is 0 Å². The Labute approximate surface area is 123 Å². The Morgan fingerprint density at radius 1 is 1.24 bits per heavy atom. The number of nitrogens with one attached hydrogen (secondary N) is 1. The van der Waals surface area contributed by atoms with Gasteiger partial charge < -0.3 is 14.8 Å². The number of esters is 2. The van der Waals surface area contributed by atoms with Crippen molar-refractivity contribution in [2.75, 3.05) is 14.2 Å². The molecule has 3 atom stereocenters. The number of carbonyl (C=O) groups is 3. The highest BCUT2D eigenvalue weighted by atomic mass is 16.5. The molecule has 6 heteroatoms. The van der Waals surface area contributed by atoms with Crippen LogP contribution in [0.3, 0.4) is 0 Å². The number of hydrogen-bond donors (Lipinski definition) is 1. The molecule has 0 radical (unpaired) electrons. The van der Waals surface area contributed by atoms with Gasteiger partial charge in [0.25, 0.3) is 0 Å². The number of amides is 1. The van der Waals surface area contributed by atoms with E-state index in [0.29, 0.717) is 0 Å². The van der Waals surface area contributed by atoms with E-state index in [2.05, 4.69) is 5.32 Å². The Morgan fingerprint density at radius 3 is 2.33 bits per heavy atom. The van der Waals surface area contributed by atoms with Crippen molar-refractivity contribution in [3.63, 3.8) is 0 Å². The maximum atomic E-state index is 12.3. The summed E-state index contributed by atoms with van der Waals surface area (Å²) in [6.07, 6.45) is 1.80. The number of allylic oxidation sites excluding steroid dienone is 1. The van der Waals surface area contributed by atoms with E-state index < -0.39 is 29.3 Å². The van der Waals surface area contributed by atoms with Gasteiger partial charge in [0.2, 0.25) is 5.91 Å². The lowest BCUT2D eigenvalue weighted by atomic mass is 9.72. The van der Waals surface area contributed by atoms with Gasteiger partial charge in [-0.1, -0.05) is 18.6 Å². The summed E-state index contributed by atoms with van der Waals surface area (Å²) in [5, 5.41) is 2.82. The second-order valence-corrected chi connectivity index (χ2v) is 5.62. The molecule has 0 aromatic carbocycles. The van der Waals surface area contributed by atoms with Crippen molar-refractivity contribution in [1.82, 2.24) is 5.32 Å². The second-order valence-electron chi connectivity index (χ2n) is 5.62. The van der Waals surface area contributed by atoms with Crippen molar-refractivity contribution >= 4 is 17.8 Å². The molecule has 0 aromatic rings. The van der Waals surface area contributed by atoms with E-state index in [4.69, 9.17) is 9.47 Å². The van der Waals surface area contributed by atoms with Gasteiger partial charge in [-0.3, -0.25) is 4.79 Å². The molecule has 2 aliphatic heterocycles. The topological polar surface area (TPSA) is 81.7 Å². The first-order valence-corrected chi connectivity index (χ1v) is 6.69. The van der Waals surface area contributed by atoms with Gasteiger partial charge in [0.1, 0.15) is 0 Å². The molecule has 0 saturated carbocycles. The standard InChI is InChI=1S/C15H19NO5/c1-7-6-15(3)11(14(19)21-5)10(13(18)20-4)9(7)8(2)12(17)16-15/h6,8-9H,1-5H3,(H,16,17)/t8-,9+,15+/m1/s1. The minimum absolute atomic E-state index is 0.144. The summed E-state index contributed by atoms with van der Waals surface area (Å²) < 4.78 is 9.64. The second kappa shape index (κ2) is 5.02. The van der Waals surface area contributed by atoms with Crippen LogP contribution in [-0.4, -0.2) is 37.6 Å². The normalized spacial score (nSPS) is 31.3. The van der Waals surface area contributed by atoms with E-state index >= 15 is 0 Å². The summed E-state index contributed by atoms with van der Waals surface area (Å²) in [7, 11) is 2.50. The maximum absolute atomic E-state index is 12.3. The van der Waals surface area contributed by atoms with Gasteiger partial charge in [0.05, 0.1) is 30.9 Å². The molecule has 6 nitrogen and oxygen atoms in total. The number of carbonyl (C=O) groups excluding carboxylic acids is 3. The summed E-state index contributed by atoms with van der Waals surface area (Å²) in [5.74, 6) is -2.42. The third-order valence-corrected chi connectivity index (χ3v) is 4.20. The molecule has 0 aromatic heterocycles. The summed E-state index contributed by atoms with van der Waals surface area (Å²) >= 11 is 0. The molecule has 0 fully saturated rings. The minimum atomic E-state index is -1.07. The molecule has 1 N–H and O–H groups in total. The summed E-state index contributed by atoms with van der Waals surface area (Å²) in [6, 6.07) is 0. The molecular weight excluding hydrogens is 274 g/mol. The average molecular weight is 293 g/mol.